The monoisotopic (exact) mass is 337 g/mol. The lowest BCUT2D eigenvalue weighted by Crippen LogP contribution is -2.25. The van der Waals surface area contributed by atoms with E-state index in [1.807, 2.05) is 24.3 Å². The molecule has 2 aliphatic rings. The number of esters is 1. The first-order valence-corrected chi connectivity index (χ1v) is 8.40. The first kappa shape index (κ1) is 15.7. The summed E-state index contributed by atoms with van der Waals surface area (Å²) in [5.41, 5.74) is 1.57. The molecule has 1 aliphatic heterocycles. The minimum Gasteiger partial charge on any atom is -0.493 e. The van der Waals surface area contributed by atoms with Crippen molar-refractivity contribution < 1.29 is 19.1 Å². The van der Waals surface area contributed by atoms with Crippen LogP contribution in [0, 0.1) is 5.92 Å². The number of anilines is 1. The lowest BCUT2D eigenvalue weighted by Gasteiger charge is -2.26. The number of hydrogen-bond acceptors (Lipinski definition) is 4. The van der Waals surface area contributed by atoms with Gasteiger partial charge in [0, 0.05) is 29.7 Å². The third-order valence-electron chi connectivity index (χ3n) is 4.96. The third-order valence-corrected chi connectivity index (χ3v) is 4.96. The van der Waals surface area contributed by atoms with Crippen LogP contribution in [0.5, 0.6) is 11.5 Å². The van der Waals surface area contributed by atoms with E-state index in [1.54, 1.807) is 24.3 Å². The van der Waals surface area contributed by atoms with Crippen molar-refractivity contribution in [3.63, 3.8) is 0 Å². The zero-order valence-corrected chi connectivity index (χ0v) is 14.0. The molecule has 128 valence electrons. The van der Waals surface area contributed by atoms with E-state index in [1.165, 1.54) is 6.92 Å². The Labute approximate surface area is 145 Å². The quantitative estimate of drug-likeness (QED) is 0.689. The number of rotatable bonds is 3. The minimum absolute atomic E-state index is 0.151. The zero-order valence-electron chi connectivity index (χ0n) is 14.0. The predicted octanol–water partition coefficient (Wildman–Crippen LogP) is 3.29. The Morgan fingerprint density at radius 1 is 1.20 bits per heavy atom. The summed E-state index contributed by atoms with van der Waals surface area (Å²) in [6.45, 7) is 2.06. The number of fused-ring (bicyclic) bond motifs is 2. The van der Waals surface area contributed by atoms with Gasteiger partial charge in [-0.2, -0.15) is 0 Å². The number of carbonyl (C=O) groups is 2. The first-order chi connectivity index (χ1) is 12.1. The van der Waals surface area contributed by atoms with Gasteiger partial charge in [0.05, 0.1) is 12.5 Å². The molecular formula is C20H19NO4. The Balaban J connectivity index is 1.50. The minimum atomic E-state index is -0.225. The van der Waals surface area contributed by atoms with E-state index < -0.39 is 0 Å². The predicted molar refractivity (Wildman–Crippen MR) is 92.7 cm³/mol. The molecule has 1 aliphatic carbocycles. The van der Waals surface area contributed by atoms with Crippen molar-refractivity contribution in [2.24, 2.45) is 5.92 Å². The van der Waals surface area contributed by atoms with Crippen LogP contribution in [0.1, 0.15) is 25.3 Å². The van der Waals surface area contributed by atoms with Crippen molar-refractivity contribution in [3.05, 3.63) is 54.1 Å². The molecule has 1 heterocycles. The molecule has 1 saturated carbocycles. The second-order valence-corrected chi connectivity index (χ2v) is 6.64. The van der Waals surface area contributed by atoms with Crippen molar-refractivity contribution in [1.82, 2.24) is 0 Å². The largest absolute Gasteiger partial charge is 0.493 e. The second-order valence-electron chi connectivity index (χ2n) is 6.64. The van der Waals surface area contributed by atoms with E-state index in [4.69, 9.17) is 9.47 Å². The molecule has 2 atom stereocenters. The van der Waals surface area contributed by atoms with E-state index in [-0.39, 0.29) is 23.2 Å². The number of hydrogen-bond donors (Lipinski definition) is 1. The van der Waals surface area contributed by atoms with Gasteiger partial charge in [-0.1, -0.05) is 24.3 Å². The van der Waals surface area contributed by atoms with Gasteiger partial charge in [0.1, 0.15) is 11.5 Å². The van der Waals surface area contributed by atoms with Crippen LogP contribution in [-0.4, -0.2) is 18.5 Å². The van der Waals surface area contributed by atoms with Crippen LogP contribution in [-0.2, 0) is 15.0 Å². The smallest absolute Gasteiger partial charge is 0.315 e. The molecule has 0 unspecified atom stereocenters. The van der Waals surface area contributed by atoms with Crippen LogP contribution in [0.2, 0.25) is 0 Å². The maximum atomic E-state index is 12.6. The molecule has 5 nitrogen and oxygen atoms in total. The summed E-state index contributed by atoms with van der Waals surface area (Å²) < 4.78 is 11.3. The average molecular weight is 337 g/mol. The van der Waals surface area contributed by atoms with Crippen molar-refractivity contribution in [1.29, 1.82) is 0 Å². The van der Waals surface area contributed by atoms with Gasteiger partial charge in [-0.05, 0) is 31.0 Å². The standard InChI is InChI=1S/C20H19NO4/c1-13(22)21-14-5-4-6-15(11-14)25-19(23)17-12-20(17)9-10-24-18-8-3-2-7-16(18)20/h2-8,11,17H,9-10,12H2,1H3,(H,21,22)/t17-,20-/m0/s1. The topological polar surface area (TPSA) is 64.6 Å². The third kappa shape index (κ3) is 2.86. The SMILES string of the molecule is CC(=O)Nc1cccc(OC(=O)[C@@H]2C[C@]23CCOc2ccccc23)c1. The normalized spacial score (nSPS) is 23.3. The van der Waals surface area contributed by atoms with Gasteiger partial charge in [-0.3, -0.25) is 9.59 Å². The highest BCUT2D eigenvalue weighted by molar-refractivity contribution is 5.89. The van der Waals surface area contributed by atoms with Crippen LogP contribution < -0.4 is 14.8 Å². The summed E-state index contributed by atoms with van der Waals surface area (Å²) in [5, 5.41) is 2.69. The van der Waals surface area contributed by atoms with Gasteiger partial charge < -0.3 is 14.8 Å². The Kier molecular flexibility index (Phi) is 3.71. The summed E-state index contributed by atoms with van der Waals surface area (Å²) >= 11 is 0. The summed E-state index contributed by atoms with van der Waals surface area (Å²) in [4.78, 5) is 23.8. The van der Waals surface area contributed by atoms with Gasteiger partial charge in [0.15, 0.2) is 0 Å². The van der Waals surface area contributed by atoms with Gasteiger partial charge in [0.25, 0.3) is 0 Å². The molecule has 0 radical (unpaired) electrons. The van der Waals surface area contributed by atoms with Crippen molar-refractivity contribution in [3.8, 4) is 11.5 Å². The highest BCUT2D eigenvalue weighted by Crippen LogP contribution is 2.60. The average Bonchev–Trinajstić information content (AvgIpc) is 3.30. The fourth-order valence-corrected chi connectivity index (χ4v) is 3.70. The summed E-state index contributed by atoms with van der Waals surface area (Å²) in [6.07, 6.45) is 1.62. The molecule has 1 fully saturated rings. The maximum absolute atomic E-state index is 12.6. The lowest BCUT2D eigenvalue weighted by molar-refractivity contribution is -0.136. The highest BCUT2D eigenvalue weighted by Gasteiger charge is 2.62. The fraction of sp³-hybridized carbons (Fsp3) is 0.300. The Morgan fingerprint density at radius 2 is 2.04 bits per heavy atom. The van der Waals surface area contributed by atoms with E-state index in [2.05, 4.69) is 5.32 Å². The Morgan fingerprint density at radius 3 is 2.88 bits per heavy atom. The molecule has 1 spiro atoms. The van der Waals surface area contributed by atoms with Crippen molar-refractivity contribution in [2.75, 3.05) is 11.9 Å². The van der Waals surface area contributed by atoms with Crippen LogP contribution in [0.15, 0.2) is 48.5 Å². The molecule has 0 bridgehead atoms. The molecular weight excluding hydrogens is 318 g/mol. The van der Waals surface area contributed by atoms with Crippen LogP contribution in [0.25, 0.3) is 0 Å². The summed E-state index contributed by atoms with van der Waals surface area (Å²) in [5.74, 6) is 0.775. The van der Waals surface area contributed by atoms with Crippen LogP contribution in [0.4, 0.5) is 5.69 Å². The summed E-state index contributed by atoms with van der Waals surface area (Å²) in [6, 6.07) is 14.8. The number of amides is 1. The number of carbonyl (C=O) groups excluding carboxylic acids is 2. The fourth-order valence-electron chi connectivity index (χ4n) is 3.70. The van der Waals surface area contributed by atoms with Gasteiger partial charge in [0.2, 0.25) is 5.91 Å². The molecule has 5 heteroatoms. The van der Waals surface area contributed by atoms with Gasteiger partial charge in [-0.25, -0.2) is 0 Å². The van der Waals surface area contributed by atoms with E-state index in [9.17, 15) is 9.59 Å². The Hall–Kier alpha value is -2.82. The lowest BCUT2D eigenvalue weighted by atomic mass is 9.87. The molecule has 4 rings (SSSR count). The van der Waals surface area contributed by atoms with E-state index >= 15 is 0 Å². The van der Waals surface area contributed by atoms with Crippen LogP contribution in [0.3, 0.4) is 0 Å². The van der Waals surface area contributed by atoms with Crippen molar-refractivity contribution in [2.45, 2.75) is 25.2 Å². The number of benzene rings is 2. The van der Waals surface area contributed by atoms with E-state index in [0.29, 0.717) is 18.0 Å². The molecule has 0 saturated heterocycles. The van der Waals surface area contributed by atoms with E-state index in [0.717, 1.165) is 24.2 Å². The highest BCUT2D eigenvalue weighted by atomic mass is 16.5. The molecule has 1 amide bonds. The number of ether oxygens (including phenoxy) is 2. The zero-order chi connectivity index (χ0) is 17.4. The van der Waals surface area contributed by atoms with Crippen LogP contribution >= 0.6 is 0 Å². The molecule has 2 aromatic carbocycles. The molecule has 25 heavy (non-hydrogen) atoms. The van der Waals surface area contributed by atoms with Gasteiger partial charge >= 0.3 is 5.97 Å². The first-order valence-electron chi connectivity index (χ1n) is 8.40. The van der Waals surface area contributed by atoms with Crippen molar-refractivity contribution >= 4 is 17.6 Å². The number of nitrogens with one attached hydrogen (secondary N) is 1. The summed E-state index contributed by atoms with van der Waals surface area (Å²) in [7, 11) is 0. The second kappa shape index (κ2) is 5.92. The maximum Gasteiger partial charge on any atom is 0.315 e. The molecule has 1 N–H and O–H groups in total. The molecule has 2 aromatic rings. The van der Waals surface area contributed by atoms with Gasteiger partial charge in [-0.15, -0.1) is 0 Å². The Bertz CT molecular complexity index is 847. The number of para-hydroxylation sites is 1. The molecule has 0 aromatic heterocycles.